The number of anilines is 2. The van der Waals surface area contributed by atoms with Crippen LogP contribution in [0.3, 0.4) is 0 Å². The van der Waals surface area contributed by atoms with E-state index >= 15 is 0 Å². The number of halogens is 1. The number of nitrogens with one attached hydrogen (secondary N) is 1. The molecule has 2 aromatic carbocycles. The first-order valence-corrected chi connectivity index (χ1v) is 9.38. The van der Waals surface area contributed by atoms with Crippen molar-refractivity contribution in [1.82, 2.24) is 14.5 Å². The average molecular weight is 404 g/mol. The van der Waals surface area contributed by atoms with Gasteiger partial charge in [0.05, 0.1) is 16.7 Å². The third-order valence-corrected chi connectivity index (χ3v) is 4.89. The molecule has 0 radical (unpaired) electrons. The molecule has 0 atom stereocenters. The molecule has 0 aliphatic rings. The first-order chi connectivity index (χ1) is 14.0. The third-order valence-electron chi connectivity index (χ3n) is 4.62. The highest BCUT2D eigenvalue weighted by atomic mass is 35.5. The van der Waals surface area contributed by atoms with Crippen LogP contribution >= 0.6 is 11.6 Å². The van der Waals surface area contributed by atoms with Gasteiger partial charge < -0.3 is 14.6 Å². The Hall–Kier alpha value is -3.56. The van der Waals surface area contributed by atoms with Gasteiger partial charge in [0.1, 0.15) is 16.8 Å². The zero-order chi connectivity index (χ0) is 20.5. The normalized spacial score (nSPS) is 10.7. The Kier molecular flexibility index (Phi) is 4.83. The van der Waals surface area contributed by atoms with E-state index in [4.69, 9.17) is 21.6 Å². The van der Waals surface area contributed by atoms with E-state index in [1.807, 2.05) is 43.7 Å². The number of nitrogens with zero attached hydrogens (tertiary/aromatic N) is 4. The van der Waals surface area contributed by atoms with E-state index in [-0.39, 0.29) is 0 Å². The van der Waals surface area contributed by atoms with E-state index in [1.54, 1.807) is 30.5 Å². The molecule has 4 rings (SSSR count). The molecule has 0 fully saturated rings. The molecule has 144 valence electrons. The van der Waals surface area contributed by atoms with Crippen molar-refractivity contribution >= 4 is 34.3 Å². The lowest BCUT2D eigenvalue weighted by Gasteiger charge is -2.14. The third kappa shape index (κ3) is 3.60. The minimum absolute atomic E-state index is 0.358. The van der Waals surface area contributed by atoms with Gasteiger partial charge in [-0.05, 0) is 49.2 Å². The number of nitriles is 1. The second-order valence-electron chi connectivity index (χ2n) is 6.77. The van der Waals surface area contributed by atoms with Gasteiger partial charge in [-0.2, -0.15) is 10.2 Å². The van der Waals surface area contributed by atoms with E-state index in [0.717, 1.165) is 22.6 Å². The Balaban J connectivity index is 1.81. The first kappa shape index (κ1) is 18.8. The number of benzene rings is 2. The fourth-order valence-corrected chi connectivity index (χ4v) is 3.43. The molecule has 0 saturated carbocycles. The summed E-state index contributed by atoms with van der Waals surface area (Å²) in [5, 5.41) is 12.6. The van der Waals surface area contributed by atoms with Crippen LogP contribution in [-0.2, 0) is 7.05 Å². The Morgan fingerprint density at radius 2 is 1.76 bits per heavy atom. The van der Waals surface area contributed by atoms with Crippen LogP contribution in [0.25, 0.3) is 11.0 Å². The largest absolute Gasteiger partial charge is 0.436 e. The maximum absolute atomic E-state index is 8.96. The molecule has 0 amide bonds. The molecule has 7 heteroatoms. The molecular formula is C22H18ClN5O. The molecule has 0 saturated heterocycles. The molecule has 2 aromatic heterocycles. The van der Waals surface area contributed by atoms with Gasteiger partial charge in [-0.1, -0.05) is 29.8 Å². The van der Waals surface area contributed by atoms with E-state index in [0.29, 0.717) is 33.4 Å². The Bertz CT molecular complexity index is 1230. The number of ether oxygens (including phenoxy) is 1. The predicted octanol–water partition coefficient (Wildman–Crippen LogP) is 5.65. The molecule has 0 aliphatic heterocycles. The maximum Gasteiger partial charge on any atom is 0.249 e. The molecule has 4 aromatic rings. The van der Waals surface area contributed by atoms with Crippen molar-refractivity contribution in [3.8, 4) is 17.7 Å². The summed E-state index contributed by atoms with van der Waals surface area (Å²) in [7, 11) is 1.88. The lowest BCUT2D eigenvalue weighted by atomic mass is 10.1. The van der Waals surface area contributed by atoms with Crippen molar-refractivity contribution in [3.05, 3.63) is 70.4 Å². The summed E-state index contributed by atoms with van der Waals surface area (Å²) in [6, 6.07) is 15.1. The number of aryl methyl sites for hydroxylation is 3. The lowest BCUT2D eigenvalue weighted by Crippen LogP contribution is -2.02. The molecule has 0 bridgehead atoms. The first-order valence-electron chi connectivity index (χ1n) is 9.00. The molecule has 0 aliphatic carbocycles. The van der Waals surface area contributed by atoms with Crippen molar-refractivity contribution in [1.29, 1.82) is 5.26 Å². The molecule has 0 unspecified atom stereocenters. The van der Waals surface area contributed by atoms with Crippen LogP contribution in [-0.4, -0.2) is 14.5 Å². The van der Waals surface area contributed by atoms with E-state index in [9.17, 15) is 0 Å². The molecule has 6 nitrogen and oxygen atoms in total. The zero-order valence-corrected chi connectivity index (χ0v) is 16.9. The number of hydrogen-bond acceptors (Lipinski definition) is 5. The van der Waals surface area contributed by atoms with Gasteiger partial charge in [0.25, 0.3) is 0 Å². The number of hydrogen-bond donors (Lipinski definition) is 1. The number of para-hydroxylation sites is 1. The predicted molar refractivity (Wildman–Crippen MR) is 114 cm³/mol. The summed E-state index contributed by atoms with van der Waals surface area (Å²) in [6.45, 7) is 3.99. The van der Waals surface area contributed by atoms with Crippen molar-refractivity contribution < 1.29 is 4.74 Å². The topological polar surface area (TPSA) is 75.8 Å². The quantitative estimate of drug-likeness (QED) is 0.476. The van der Waals surface area contributed by atoms with Gasteiger partial charge in [-0.3, -0.25) is 0 Å². The van der Waals surface area contributed by atoms with Crippen molar-refractivity contribution in [3.63, 3.8) is 0 Å². The van der Waals surface area contributed by atoms with E-state index in [1.165, 1.54) is 0 Å². The van der Waals surface area contributed by atoms with Gasteiger partial charge in [0.15, 0.2) is 0 Å². The SMILES string of the molecule is Cc1cccc(C)c1Oc1nc(Nc2ccc(C#N)cc2)nc2c(Cl)cn(C)c12. The van der Waals surface area contributed by atoms with Crippen LogP contribution in [0.2, 0.25) is 5.02 Å². The highest BCUT2D eigenvalue weighted by Crippen LogP contribution is 2.35. The van der Waals surface area contributed by atoms with E-state index in [2.05, 4.69) is 21.4 Å². The second kappa shape index (κ2) is 7.46. The van der Waals surface area contributed by atoms with Crippen molar-refractivity contribution in [2.24, 2.45) is 7.05 Å². The molecule has 0 spiro atoms. The number of rotatable bonds is 4. The van der Waals surface area contributed by atoms with Gasteiger partial charge in [0, 0.05) is 18.9 Å². The highest BCUT2D eigenvalue weighted by Gasteiger charge is 2.18. The Morgan fingerprint density at radius 3 is 2.41 bits per heavy atom. The zero-order valence-electron chi connectivity index (χ0n) is 16.2. The molecular weight excluding hydrogens is 386 g/mol. The summed E-state index contributed by atoms with van der Waals surface area (Å²) < 4.78 is 8.10. The summed E-state index contributed by atoms with van der Waals surface area (Å²) in [6.07, 6.45) is 1.78. The van der Waals surface area contributed by atoms with Gasteiger partial charge >= 0.3 is 0 Å². The standard InChI is InChI=1S/C22H18ClN5O/c1-13-5-4-6-14(2)20(13)29-21-19-18(17(23)12-28(19)3)26-22(27-21)25-16-9-7-15(11-24)8-10-16/h4-10,12H,1-3H3,(H,25,26,27). The fraction of sp³-hybridized carbons (Fsp3) is 0.136. The molecule has 1 N–H and O–H groups in total. The van der Waals surface area contributed by atoms with Crippen molar-refractivity contribution in [2.75, 3.05) is 5.32 Å². The minimum atomic E-state index is 0.358. The maximum atomic E-state index is 8.96. The highest BCUT2D eigenvalue weighted by molar-refractivity contribution is 6.35. The Morgan fingerprint density at radius 1 is 1.07 bits per heavy atom. The van der Waals surface area contributed by atoms with Crippen LogP contribution in [0.4, 0.5) is 11.6 Å². The second-order valence-corrected chi connectivity index (χ2v) is 7.18. The average Bonchev–Trinajstić information content (AvgIpc) is 2.99. The van der Waals surface area contributed by atoms with Gasteiger partial charge in [-0.15, -0.1) is 0 Å². The lowest BCUT2D eigenvalue weighted by molar-refractivity contribution is 0.459. The summed E-state index contributed by atoms with van der Waals surface area (Å²) >= 11 is 6.40. The minimum Gasteiger partial charge on any atom is -0.436 e. The molecule has 29 heavy (non-hydrogen) atoms. The van der Waals surface area contributed by atoms with Gasteiger partial charge in [-0.25, -0.2) is 4.98 Å². The van der Waals surface area contributed by atoms with E-state index < -0.39 is 0 Å². The summed E-state index contributed by atoms with van der Waals surface area (Å²) in [5.41, 5.74) is 4.67. The van der Waals surface area contributed by atoms with Crippen LogP contribution in [0.5, 0.6) is 11.6 Å². The number of aromatic nitrogens is 3. The number of fused-ring (bicyclic) bond motifs is 1. The van der Waals surface area contributed by atoms with Gasteiger partial charge in [0.2, 0.25) is 11.8 Å². The molecule has 2 heterocycles. The fourth-order valence-electron chi connectivity index (χ4n) is 3.16. The monoisotopic (exact) mass is 403 g/mol. The van der Waals surface area contributed by atoms with Crippen LogP contribution in [0, 0.1) is 25.2 Å². The van der Waals surface area contributed by atoms with Crippen LogP contribution < -0.4 is 10.1 Å². The Labute approximate surface area is 173 Å². The van der Waals surface area contributed by atoms with Crippen molar-refractivity contribution in [2.45, 2.75) is 13.8 Å². The summed E-state index contributed by atoms with van der Waals surface area (Å²) in [5.74, 6) is 1.53. The summed E-state index contributed by atoms with van der Waals surface area (Å²) in [4.78, 5) is 9.16. The van der Waals surface area contributed by atoms with Crippen LogP contribution in [0.15, 0.2) is 48.7 Å². The van der Waals surface area contributed by atoms with Crippen LogP contribution in [0.1, 0.15) is 16.7 Å². The smallest absolute Gasteiger partial charge is 0.249 e.